The Morgan fingerprint density at radius 3 is 2.80 bits per heavy atom. The summed E-state index contributed by atoms with van der Waals surface area (Å²) in [5, 5.41) is 6.69. The number of amides is 1. The van der Waals surface area contributed by atoms with Crippen LogP contribution in [-0.2, 0) is 0 Å². The number of hydrogen-bond acceptors (Lipinski definition) is 5. The number of rotatable bonds is 6. The van der Waals surface area contributed by atoms with Crippen LogP contribution in [0.5, 0.6) is 5.75 Å². The summed E-state index contributed by atoms with van der Waals surface area (Å²) in [6.45, 7) is 4.40. The number of carbonyl (C=O) groups is 1. The number of nitrogens with zero attached hydrogens (tertiary/aromatic N) is 2. The van der Waals surface area contributed by atoms with E-state index in [9.17, 15) is 4.79 Å². The van der Waals surface area contributed by atoms with E-state index >= 15 is 0 Å². The zero-order valence-electron chi connectivity index (χ0n) is 14.2. The van der Waals surface area contributed by atoms with Crippen molar-refractivity contribution in [1.82, 2.24) is 10.1 Å². The lowest BCUT2D eigenvalue weighted by atomic mass is 10.1. The molecule has 0 atom stereocenters. The van der Waals surface area contributed by atoms with Crippen LogP contribution in [0.4, 0.5) is 5.69 Å². The number of carbonyl (C=O) groups excluding carboxylic acids is 1. The van der Waals surface area contributed by atoms with Crippen LogP contribution in [0.15, 0.2) is 53.1 Å². The Morgan fingerprint density at radius 1 is 1.20 bits per heavy atom. The average molecular weight is 337 g/mol. The minimum Gasteiger partial charge on any atom is -0.494 e. The summed E-state index contributed by atoms with van der Waals surface area (Å²) >= 11 is 0. The number of anilines is 1. The molecular weight excluding hydrogens is 318 g/mol. The number of ether oxygens (including phenoxy) is 1. The maximum Gasteiger partial charge on any atom is 0.260 e. The Morgan fingerprint density at radius 2 is 2.04 bits per heavy atom. The normalized spacial score (nSPS) is 10.5. The summed E-state index contributed by atoms with van der Waals surface area (Å²) in [7, 11) is 0. The molecule has 0 unspecified atom stereocenters. The summed E-state index contributed by atoms with van der Waals surface area (Å²) in [5.41, 5.74) is 1.80. The summed E-state index contributed by atoms with van der Waals surface area (Å²) < 4.78 is 10.8. The van der Waals surface area contributed by atoms with Gasteiger partial charge in [0.1, 0.15) is 5.75 Å². The summed E-state index contributed by atoms with van der Waals surface area (Å²) in [6.07, 6.45) is 0.910. The lowest BCUT2D eigenvalue weighted by Crippen LogP contribution is -2.12. The second-order valence-electron chi connectivity index (χ2n) is 5.52. The van der Waals surface area contributed by atoms with E-state index in [-0.39, 0.29) is 5.91 Å². The predicted octanol–water partition coefficient (Wildman–Crippen LogP) is 4.09. The van der Waals surface area contributed by atoms with Gasteiger partial charge in [-0.3, -0.25) is 4.79 Å². The van der Waals surface area contributed by atoms with Crippen molar-refractivity contribution in [1.29, 1.82) is 0 Å². The molecule has 6 heteroatoms. The van der Waals surface area contributed by atoms with Gasteiger partial charge in [-0.25, -0.2) is 0 Å². The highest BCUT2D eigenvalue weighted by Gasteiger charge is 2.14. The fraction of sp³-hybridized carbons (Fsp3) is 0.211. The standard InChI is InChI=1S/C19H19N3O3/c1-3-11-24-15-8-6-7-14(12-15)18(23)21-17-10-5-4-9-16(17)19-20-13(2)22-25-19/h4-10,12H,3,11H2,1-2H3,(H,21,23). The van der Waals surface area contributed by atoms with E-state index < -0.39 is 0 Å². The molecule has 0 radical (unpaired) electrons. The van der Waals surface area contributed by atoms with E-state index in [0.717, 1.165) is 6.42 Å². The van der Waals surface area contributed by atoms with E-state index in [0.29, 0.717) is 40.9 Å². The number of para-hydroxylation sites is 1. The Bertz CT molecular complexity index is 874. The van der Waals surface area contributed by atoms with Gasteiger partial charge in [-0.2, -0.15) is 4.98 Å². The Labute approximate surface area is 145 Å². The maximum atomic E-state index is 12.6. The second kappa shape index (κ2) is 7.61. The molecule has 128 valence electrons. The Hall–Kier alpha value is -3.15. The van der Waals surface area contributed by atoms with Crippen LogP contribution in [0.3, 0.4) is 0 Å². The highest BCUT2D eigenvalue weighted by molar-refractivity contribution is 6.06. The largest absolute Gasteiger partial charge is 0.494 e. The first-order valence-electron chi connectivity index (χ1n) is 8.11. The number of benzene rings is 2. The topological polar surface area (TPSA) is 77.2 Å². The fourth-order valence-corrected chi connectivity index (χ4v) is 2.33. The summed E-state index contributed by atoms with van der Waals surface area (Å²) in [5.74, 6) is 1.35. The molecule has 3 aromatic rings. The van der Waals surface area contributed by atoms with Crippen molar-refractivity contribution in [3.8, 4) is 17.2 Å². The van der Waals surface area contributed by atoms with Gasteiger partial charge in [0, 0.05) is 5.56 Å². The third-order valence-corrected chi connectivity index (χ3v) is 3.50. The molecule has 0 saturated carbocycles. The number of nitrogens with one attached hydrogen (secondary N) is 1. The SMILES string of the molecule is CCCOc1cccc(C(=O)Nc2ccccc2-c2nc(C)no2)c1. The average Bonchev–Trinajstić information content (AvgIpc) is 3.07. The number of aryl methyl sites for hydroxylation is 1. The number of aromatic nitrogens is 2. The molecule has 1 N–H and O–H groups in total. The smallest absolute Gasteiger partial charge is 0.260 e. The lowest BCUT2D eigenvalue weighted by molar-refractivity contribution is 0.102. The van der Waals surface area contributed by atoms with Gasteiger partial charge < -0.3 is 14.6 Å². The van der Waals surface area contributed by atoms with E-state index in [1.807, 2.05) is 31.2 Å². The molecule has 0 fully saturated rings. The van der Waals surface area contributed by atoms with Gasteiger partial charge in [0.2, 0.25) is 0 Å². The van der Waals surface area contributed by atoms with Crippen LogP contribution in [0.2, 0.25) is 0 Å². The van der Waals surface area contributed by atoms with Gasteiger partial charge in [-0.05, 0) is 43.7 Å². The van der Waals surface area contributed by atoms with Crippen LogP contribution >= 0.6 is 0 Å². The zero-order chi connectivity index (χ0) is 17.6. The molecule has 1 amide bonds. The van der Waals surface area contributed by atoms with E-state index in [2.05, 4.69) is 15.5 Å². The van der Waals surface area contributed by atoms with Crippen molar-refractivity contribution < 1.29 is 14.1 Å². The van der Waals surface area contributed by atoms with Gasteiger partial charge in [0.15, 0.2) is 5.82 Å². The quantitative estimate of drug-likeness (QED) is 0.733. The van der Waals surface area contributed by atoms with Gasteiger partial charge in [0.25, 0.3) is 11.8 Å². The third-order valence-electron chi connectivity index (χ3n) is 3.50. The fourth-order valence-electron chi connectivity index (χ4n) is 2.33. The van der Waals surface area contributed by atoms with Crippen LogP contribution in [0, 0.1) is 6.92 Å². The van der Waals surface area contributed by atoms with Crippen molar-refractivity contribution in [2.75, 3.05) is 11.9 Å². The Balaban J connectivity index is 1.82. The van der Waals surface area contributed by atoms with Crippen LogP contribution in [0.1, 0.15) is 29.5 Å². The van der Waals surface area contributed by atoms with Crippen LogP contribution < -0.4 is 10.1 Å². The highest BCUT2D eigenvalue weighted by Crippen LogP contribution is 2.27. The first-order chi connectivity index (χ1) is 12.2. The van der Waals surface area contributed by atoms with Gasteiger partial charge in [0.05, 0.1) is 17.9 Å². The number of hydrogen-bond donors (Lipinski definition) is 1. The molecule has 0 aliphatic heterocycles. The van der Waals surface area contributed by atoms with E-state index in [4.69, 9.17) is 9.26 Å². The van der Waals surface area contributed by atoms with Gasteiger partial charge >= 0.3 is 0 Å². The Kier molecular flexibility index (Phi) is 5.09. The van der Waals surface area contributed by atoms with Crippen molar-refractivity contribution >= 4 is 11.6 Å². The molecule has 0 aliphatic carbocycles. The molecule has 0 bridgehead atoms. The van der Waals surface area contributed by atoms with Crippen molar-refractivity contribution in [3.63, 3.8) is 0 Å². The minimum atomic E-state index is -0.231. The van der Waals surface area contributed by atoms with Gasteiger partial charge in [-0.1, -0.05) is 30.3 Å². The molecule has 2 aromatic carbocycles. The molecular formula is C19H19N3O3. The minimum absolute atomic E-state index is 0.231. The molecule has 3 rings (SSSR count). The van der Waals surface area contributed by atoms with E-state index in [1.165, 1.54) is 0 Å². The third kappa shape index (κ3) is 4.03. The van der Waals surface area contributed by atoms with Gasteiger partial charge in [-0.15, -0.1) is 0 Å². The highest BCUT2D eigenvalue weighted by atomic mass is 16.5. The molecule has 1 heterocycles. The van der Waals surface area contributed by atoms with Crippen molar-refractivity contribution in [3.05, 3.63) is 59.9 Å². The molecule has 25 heavy (non-hydrogen) atoms. The lowest BCUT2D eigenvalue weighted by Gasteiger charge is -2.10. The van der Waals surface area contributed by atoms with E-state index in [1.54, 1.807) is 31.2 Å². The zero-order valence-corrected chi connectivity index (χ0v) is 14.2. The maximum absolute atomic E-state index is 12.6. The summed E-state index contributed by atoms with van der Waals surface area (Å²) in [6, 6.07) is 14.4. The van der Waals surface area contributed by atoms with Crippen LogP contribution in [0.25, 0.3) is 11.5 Å². The first-order valence-corrected chi connectivity index (χ1v) is 8.11. The molecule has 0 spiro atoms. The predicted molar refractivity (Wildman–Crippen MR) is 94.7 cm³/mol. The van der Waals surface area contributed by atoms with Crippen molar-refractivity contribution in [2.45, 2.75) is 20.3 Å². The molecule has 6 nitrogen and oxygen atoms in total. The summed E-state index contributed by atoms with van der Waals surface area (Å²) in [4.78, 5) is 16.8. The molecule has 0 aliphatic rings. The molecule has 0 saturated heterocycles. The molecule has 1 aromatic heterocycles. The van der Waals surface area contributed by atoms with Crippen molar-refractivity contribution in [2.24, 2.45) is 0 Å². The second-order valence-corrected chi connectivity index (χ2v) is 5.52. The first kappa shape index (κ1) is 16.7. The monoisotopic (exact) mass is 337 g/mol. The van der Waals surface area contributed by atoms with Crippen LogP contribution in [-0.4, -0.2) is 22.7 Å².